The summed E-state index contributed by atoms with van der Waals surface area (Å²) in [7, 11) is 0. The van der Waals surface area contributed by atoms with Gasteiger partial charge in [-0.3, -0.25) is 0 Å². The van der Waals surface area contributed by atoms with Crippen molar-refractivity contribution in [2.24, 2.45) is 5.41 Å². The second-order valence-corrected chi connectivity index (χ2v) is 5.12. The summed E-state index contributed by atoms with van der Waals surface area (Å²) < 4.78 is 0. The van der Waals surface area contributed by atoms with Crippen LogP contribution < -0.4 is 5.32 Å². The lowest BCUT2D eigenvalue weighted by Gasteiger charge is -2.42. The van der Waals surface area contributed by atoms with Crippen LogP contribution in [0.3, 0.4) is 0 Å². The molecular formula is C10H21NO. The van der Waals surface area contributed by atoms with Crippen molar-refractivity contribution in [2.45, 2.75) is 45.6 Å². The van der Waals surface area contributed by atoms with Crippen LogP contribution in [0.1, 0.15) is 40.0 Å². The third-order valence-electron chi connectivity index (χ3n) is 2.74. The maximum Gasteiger partial charge on any atom is 0.0499 e. The predicted octanol–water partition coefficient (Wildman–Crippen LogP) is 1.54. The molecule has 12 heavy (non-hydrogen) atoms. The summed E-state index contributed by atoms with van der Waals surface area (Å²) in [6.07, 6.45) is 3.66. The highest BCUT2D eigenvalue weighted by atomic mass is 16.3. The molecule has 1 rings (SSSR count). The normalized spacial score (nSPS) is 22.0. The van der Waals surface area contributed by atoms with Gasteiger partial charge in [0.2, 0.25) is 0 Å². The van der Waals surface area contributed by atoms with Crippen molar-refractivity contribution in [3.8, 4) is 0 Å². The van der Waals surface area contributed by atoms with Gasteiger partial charge in [0.25, 0.3) is 0 Å². The number of aliphatic hydroxyl groups excluding tert-OH is 1. The molecule has 0 aliphatic heterocycles. The summed E-state index contributed by atoms with van der Waals surface area (Å²) in [6, 6.07) is 0. The molecule has 0 unspecified atom stereocenters. The van der Waals surface area contributed by atoms with E-state index in [0.717, 1.165) is 6.54 Å². The summed E-state index contributed by atoms with van der Waals surface area (Å²) in [5.74, 6) is 0. The smallest absolute Gasteiger partial charge is 0.0499 e. The second-order valence-electron chi connectivity index (χ2n) is 5.12. The van der Waals surface area contributed by atoms with Gasteiger partial charge in [0.05, 0.1) is 0 Å². The summed E-state index contributed by atoms with van der Waals surface area (Å²) >= 11 is 0. The first-order valence-electron chi connectivity index (χ1n) is 4.83. The molecule has 0 amide bonds. The fraction of sp³-hybridized carbons (Fsp3) is 1.00. The lowest BCUT2D eigenvalue weighted by atomic mass is 9.69. The highest BCUT2D eigenvalue weighted by Gasteiger charge is 2.36. The van der Waals surface area contributed by atoms with Crippen LogP contribution in [0.5, 0.6) is 0 Å². The molecule has 0 radical (unpaired) electrons. The van der Waals surface area contributed by atoms with Gasteiger partial charge in [-0.05, 0) is 33.6 Å². The van der Waals surface area contributed by atoms with Gasteiger partial charge >= 0.3 is 0 Å². The third-order valence-corrected chi connectivity index (χ3v) is 2.74. The maximum atomic E-state index is 9.19. The molecule has 1 aliphatic carbocycles. The molecule has 0 bridgehead atoms. The molecule has 1 fully saturated rings. The van der Waals surface area contributed by atoms with Crippen LogP contribution in [0.2, 0.25) is 0 Å². The first kappa shape index (κ1) is 10.0. The van der Waals surface area contributed by atoms with E-state index in [2.05, 4.69) is 26.1 Å². The Morgan fingerprint density at radius 3 is 2.17 bits per heavy atom. The summed E-state index contributed by atoms with van der Waals surface area (Å²) in [6.45, 7) is 7.80. The van der Waals surface area contributed by atoms with Crippen LogP contribution in [0.25, 0.3) is 0 Å². The lowest BCUT2D eigenvalue weighted by molar-refractivity contribution is 0.0390. The zero-order valence-corrected chi connectivity index (χ0v) is 8.48. The molecule has 72 valence electrons. The number of nitrogens with one attached hydrogen (secondary N) is 1. The minimum Gasteiger partial charge on any atom is -0.396 e. The minimum atomic E-state index is 0.178. The van der Waals surface area contributed by atoms with E-state index in [4.69, 9.17) is 0 Å². The van der Waals surface area contributed by atoms with Crippen molar-refractivity contribution in [3.05, 3.63) is 0 Å². The van der Waals surface area contributed by atoms with E-state index in [1.165, 1.54) is 19.3 Å². The van der Waals surface area contributed by atoms with E-state index >= 15 is 0 Å². The molecule has 1 saturated carbocycles. The molecule has 2 heteroatoms. The monoisotopic (exact) mass is 171 g/mol. The summed E-state index contributed by atoms with van der Waals surface area (Å²) in [4.78, 5) is 0. The van der Waals surface area contributed by atoms with Gasteiger partial charge in [0.1, 0.15) is 0 Å². The van der Waals surface area contributed by atoms with Crippen LogP contribution in [0, 0.1) is 5.41 Å². The van der Waals surface area contributed by atoms with Gasteiger partial charge in [-0.2, -0.15) is 0 Å². The quantitative estimate of drug-likeness (QED) is 0.675. The topological polar surface area (TPSA) is 32.3 Å². The Balaban J connectivity index is 2.30. The lowest BCUT2D eigenvalue weighted by Crippen LogP contribution is -2.48. The molecule has 0 atom stereocenters. The molecule has 0 aromatic carbocycles. The third kappa shape index (κ3) is 2.46. The van der Waals surface area contributed by atoms with Crippen LogP contribution in [0.15, 0.2) is 0 Å². The average Bonchev–Trinajstić information content (AvgIpc) is 1.84. The fourth-order valence-electron chi connectivity index (χ4n) is 1.52. The highest BCUT2D eigenvalue weighted by Crippen LogP contribution is 2.39. The van der Waals surface area contributed by atoms with Gasteiger partial charge in [-0.1, -0.05) is 6.42 Å². The summed E-state index contributed by atoms with van der Waals surface area (Å²) in [5, 5.41) is 12.6. The minimum absolute atomic E-state index is 0.178. The Hall–Kier alpha value is -0.0800. The van der Waals surface area contributed by atoms with E-state index in [-0.39, 0.29) is 11.0 Å². The van der Waals surface area contributed by atoms with Crippen LogP contribution >= 0.6 is 0 Å². The van der Waals surface area contributed by atoms with Gasteiger partial charge < -0.3 is 10.4 Å². The molecule has 1 aliphatic rings. The van der Waals surface area contributed by atoms with E-state index < -0.39 is 0 Å². The van der Waals surface area contributed by atoms with E-state index in [9.17, 15) is 5.11 Å². The average molecular weight is 171 g/mol. The number of hydrogen-bond donors (Lipinski definition) is 2. The predicted molar refractivity (Wildman–Crippen MR) is 51.1 cm³/mol. The first-order chi connectivity index (χ1) is 5.47. The van der Waals surface area contributed by atoms with Gasteiger partial charge in [0.15, 0.2) is 0 Å². The second kappa shape index (κ2) is 3.35. The van der Waals surface area contributed by atoms with Crippen molar-refractivity contribution in [1.29, 1.82) is 0 Å². The number of hydrogen-bond acceptors (Lipinski definition) is 2. The Morgan fingerprint density at radius 2 is 1.92 bits per heavy atom. The van der Waals surface area contributed by atoms with E-state index in [1.54, 1.807) is 0 Å². The first-order valence-corrected chi connectivity index (χ1v) is 4.83. The van der Waals surface area contributed by atoms with Crippen molar-refractivity contribution in [3.63, 3.8) is 0 Å². The van der Waals surface area contributed by atoms with Gasteiger partial charge in [-0.15, -0.1) is 0 Å². The van der Waals surface area contributed by atoms with Crippen molar-refractivity contribution >= 4 is 0 Å². The number of rotatable bonds is 3. The van der Waals surface area contributed by atoms with Crippen LogP contribution in [0.4, 0.5) is 0 Å². The molecule has 0 aromatic heterocycles. The Bertz CT molecular complexity index is 139. The summed E-state index contributed by atoms with van der Waals surface area (Å²) in [5.41, 5.74) is 0.394. The maximum absolute atomic E-state index is 9.19. The largest absolute Gasteiger partial charge is 0.396 e. The van der Waals surface area contributed by atoms with Gasteiger partial charge in [0, 0.05) is 24.1 Å². The molecule has 0 spiro atoms. The zero-order chi connectivity index (χ0) is 9.24. The van der Waals surface area contributed by atoms with Crippen LogP contribution in [-0.2, 0) is 0 Å². The van der Waals surface area contributed by atoms with Crippen molar-refractivity contribution in [1.82, 2.24) is 5.32 Å². The standard InChI is InChI=1S/C10H21NO/c1-9(2,3)11-7-10(8-12)5-4-6-10/h11-12H,4-8H2,1-3H3. The Labute approximate surface area is 75.4 Å². The molecule has 0 saturated heterocycles. The van der Waals surface area contributed by atoms with Crippen molar-refractivity contribution in [2.75, 3.05) is 13.2 Å². The highest BCUT2D eigenvalue weighted by molar-refractivity contribution is 4.90. The van der Waals surface area contributed by atoms with E-state index in [1.807, 2.05) is 0 Å². The van der Waals surface area contributed by atoms with Crippen molar-refractivity contribution < 1.29 is 5.11 Å². The molecular weight excluding hydrogens is 150 g/mol. The SMILES string of the molecule is CC(C)(C)NCC1(CO)CCC1. The Morgan fingerprint density at radius 1 is 1.33 bits per heavy atom. The zero-order valence-electron chi connectivity index (χ0n) is 8.48. The molecule has 2 nitrogen and oxygen atoms in total. The fourth-order valence-corrected chi connectivity index (χ4v) is 1.52. The molecule has 2 N–H and O–H groups in total. The van der Waals surface area contributed by atoms with Crippen LogP contribution in [-0.4, -0.2) is 23.8 Å². The van der Waals surface area contributed by atoms with E-state index in [0.29, 0.717) is 6.61 Å². The molecule has 0 aromatic rings. The number of aliphatic hydroxyl groups is 1. The van der Waals surface area contributed by atoms with Gasteiger partial charge in [-0.25, -0.2) is 0 Å². The molecule has 0 heterocycles. The Kier molecular flexibility index (Phi) is 2.79.